The predicted molar refractivity (Wildman–Crippen MR) is 102 cm³/mol. The topological polar surface area (TPSA) is 93.2 Å². The number of carbonyl (C=O) groups excluding carboxylic acids is 4. The SMILES string of the molecule is C#CCOc1cccc2c1CN(C1CCC(=O)N(C(=O)OC(C)(C)C)C1=O)C2=O. The van der Waals surface area contributed by atoms with E-state index in [-0.39, 0.29) is 31.9 Å². The molecule has 1 aromatic rings. The van der Waals surface area contributed by atoms with Gasteiger partial charge in [-0.2, -0.15) is 4.90 Å². The van der Waals surface area contributed by atoms with E-state index in [4.69, 9.17) is 15.9 Å². The Morgan fingerprint density at radius 3 is 2.66 bits per heavy atom. The van der Waals surface area contributed by atoms with E-state index in [0.29, 0.717) is 21.8 Å². The van der Waals surface area contributed by atoms with E-state index in [0.717, 1.165) is 0 Å². The number of amides is 4. The molecule has 0 bridgehead atoms. The lowest BCUT2D eigenvalue weighted by Crippen LogP contribution is -2.57. The van der Waals surface area contributed by atoms with Crippen molar-refractivity contribution in [2.75, 3.05) is 6.61 Å². The van der Waals surface area contributed by atoms with Crippen LogP contribution in [-0.4, -0.2) is 51.9 Å². The Balaban J connectivity index is 1.84. The van der Waals surface area contributed by atoms with E-state index in [1.165, 1.54) is 4.90 Å². The van der Waals surface area contributed by atoms with Gasteiger partial charge in [0.15, 0.2) is 0 Å². The van der Waals surface area contributed by atoms with Gasteiger partial charge in [0.1, 0.15) is 24.0 Å². The molecule has 0 aromatic heterocycles. The van der Waals surface area contributed by atoms with Crippen LogP contribution in [0.15, 0.2) is 18.2 Å². The van der Waals surface area contributed by atoms with Crippen molar-refractivity contribution in [1.29, 1.82) is 0 Å². The normalized spacial score (nSPS) is 19.1. The van der Waals surface area contributed by atoms with Gasteiger partial charge in [-0.25, -0.2) is 4.79 Å². The second kappa shape index (κ2) is 7.59. The van der Waals surface area contributed by atoms with Gasteiger partial charge in [-0.05, 0) is 39.3 Å². The molecule has 8 nitrogen and oxygen atoms in total. The van der Waals surface area contributed by atoms with Crippen molar-refractivity contribution in [2.24, 2.45) is 0 Å². The molecule has 1 aromatic carbocycles. The lowest BCUT2D eigenvalue weighted by Gasteiger charge is -2.35. The fourth-order valence-corrected chi connectivity index (χ4v) is 3.39. The summed E-state index contributed by atoms with van der Waals surface area (Å²) < 4.78 is 10.7. The highest BCUT2D eigenvalue weighted by atomic mass is 16.6. The summed E-state index contributed by atoms with van der Waals surface area (Å²) >= 11 is 0. The third kappa shape index (κ3) is 3.94. The van der Waals surface area contributed by atoms with Crippen LogP contribution in [0.4, 0.5) is 4.79 Å². The van der Waals surface area contributed by atoms with Crippen molar-refractivity contribution < 1.29 is 28.7 Å². The summed E-state index contributed by atoms with van der Waals surface area (Å²) in [6.07, 6.45) is 4.30. The molecule has 1 unspecified atom stereocenters. The van der Waals surface area contributed by atoms with E-state index in [2.05, 4.69) is 5.92 Å². The lowest BCUT2D eigenvalue weighted by atomic mass is 10.0. The third-order valence-electron chi connectivity index (χ3n) is 4.60. The van der Waals surface area contributed by atoms with E-state index < -0.39 is 29.6 Å². The molecule has 0 radical (unpaired) electrons. The van der Waals surface area contributed by atoms with E-state index in [9.17, 15) is 19.2 Å². The van der Waals surface area contributed by atoms with Crippen LogP contribution in [0.1, 0.15) is 49.5 Å². The summed E-state index contributed by atoms with van der Waals surface area (Å²) in [7, 11) is 0. The Kier molecular flexibility index (Phi) is 5.33. The van der Waals surface area contributed by atoms with E-state index >= 15 is 0 Å². The zero-order chi connectivity index (χ0) is 21.3. The van der Waals surface area contributed by atoms with Gasteiger partial charge in [0.2, 0.25) is 5.91 Å². The average molecular weight is 398 g/mol. The minimum Gasteiger partial charge on any atom is -0.481 e. The predicted octanol–water partition coefficient (Wildman–Crippen LogP) is 2.11. The molecule has 0 saturated carbocycles. The third-order valence-corrected chi connectivity index (χ3v) is 4.60. The number of rotatable bonds is 3. The maximum Gasteiger partial charge on any atom is 0.424 e. The minimum atomic E-state index is -1.03. The summed E-state index contributed by atoms with van der Waals surface area (Å²) in [5.74, 6) is 1.09. The molecule has 0 aliphatic carbocycles. The van der Waals surface area contributed by atoms with Crippen molar-refractivity contribution in [3.05, 3.63) is 29.3 Å². The van der Waals surface area contributed by atoms with Crippen LogP contribution in [0.2, 0.25) is 0 Å². The lowest BCUT2D eigenvalue weighted by molar-refractivity contribution is -0.150. The molecule has 2 aliphatic rings. The van der Waals surface area contributed by atoms with Crippen LogP contribution in [0, 0.1) is 12.3 Å². The molecule has 3 rings (SSSR count). The van der Waals surface area contributed by atoms with Crippen LogP contribution in [0.25, 0.3) is 0 Å². The molecule has 1 saturated heterocycles. The van der Waals surface area contributed by atoms with Gasteiger partial charge in [-0.15, -0.1) is 6.42 Å². The van der Waals surface area contributed by atoms with Crippen LogP contribution < -0.4 is 4.74 Å². The Hall–Kier alpha value is -3.34. The maximum atomic E-state index is 13.0. The number of ether oxygens (including phenoxy) is 2. The first-order valence-corrected chi connectivity index (χ1v) is 9.23. The number of fused-ring (bicyclic) bond motifs is 1. The van der Waals surface area contributed by atoms with Gasteiger partial charge < -0.3 is 14.4 Å². The van der Waals surface area contributed by atoms with Gasteiger partial charge in [0.05, 0.1) is 6.54 Å². The first-order chi connectivity index (χ1) is 13.6. The molecule has 8 heteroatoms. The molecule has 0 N–H and O–H groups in total. The van der Waals surface area contributed by atoms with Gasteiger partial charge >= 0.3 is 6.09 Å². The Labute approximate surface area is 168 Å². The zero-order valence-electron chi connectivity index (χ0n) is 16.6. The molecule has 1 fully saturated rings. The molecule has 1 atom stereocenters. The number of imide groups is 3. The van der Waals surface area contributed by atoms with Crippen molar-refractivity contribution in [3.63, 3.8) is 0 Å². The molecular weight excluding hydrogens is 376 g/mol. The molecule has 0 spiro atoms. The number of nitrogens with zero attached hydrogens (tertiary/aromatic N) is 2. The quantitative estimate of drug-likeness (QED) is 0.572. The molecule has 4 amide bonds. The molecule has 2 aliphatic heterocycles. The second-order valence-corrected chi connectivity index (χ2v) is 7.81. The molecule has 152 valence electrons. The number of hydrogen-bond donors (Lipinski definition) is 0. The Morgan fingerprint density at radius 2 is 2.00 bits per heavy atom. The van der Waals surface area contributed by atoms with Crippen molar-refractivity contribution >= 4 is 23.8 Å². The van der Waals surface area contributed by atoms with E-state index in [1.54, 1.807) is 39.0 Å². The monoisotopic (exact) mass is 398 g/mol. The van der Waals surface area contributed by atoms with Gasteiger partial charge in [-0.1, -0.05) is 12.0 Å². The van der Waals surface area contributed by atoms with Gasteiger partial charge in [-0.3, -0.25) is 14.4 Å². The van der Waals surface area contributed by atoms with Crippen molar-refractivity contribution in [3.8, 4) is 18.1 Å². The summed E-state index contributed by atoms with van der Waals surface area (Å²) in [5, 5.41) is 0. The van der Waals surface area contributed by atoms with Crippen LogP contribution >= 0.6 is 0 Å². The highest BCUT2D eigenvalue weighted by molar-refractivity contribution is 6.13. The first kappa shape index (κ1) is 20.4. The minimum absolute atomic E-state index is 0.0454. The molecule has 2 heterocycles. The Bertz CT molecular complexity index is 924. The van der Waals surface area contributed by atoms with Crippen molar-refractivity contribution in [2.45, 2.75) is 51.8 Å². The highest BCUT2D eigenvalue weighted by Crippen LogP contribution is 2.34. The van der Waals surface area contributed by atoms with Gasteiger partial charge in [0, 0.05) is 17.5 Å². The first-order valence-electron chi connectivity index (χ1n) is 9.23. The van der Waals surface area contributed by atoms with Crippen LogP contribution in [0.3, 0.4) is 0 Å². The zero-order valence-corrected chi connectivity index (χ0v) is 16.6. The number of piperidine rings is 1. The molecular formula is C21H22N2O6. The summed E-state index contributed by atoms with van der Waals surface area (Å²) in [4.78, 5) is 52.3. The molecule has 29 heavy (non-hydrogen) atoms. The number of hydrogen-bond acceptors (Lipinski definition) is 6. The number of terminal acetylenes is 1. The van der Waals surface area contributed by atoms with E-state index in [1.807, 2.05) is 0 Å². The standard InChI is InChI=1S/C21H22N2O6/c1-5-11-28-16-8-6-7-13-14(16)12-22(18(13)25)15-9-10-17(24)23(19(15)26)20(27)29-21(2,3)4/h1,6-8,15H,9-12H2,2-4H3. The smallest absolute Gasteiger partial charge is 0.424 e. The summed E-state index contributed by atoms with van der Waals surface area (Å²) in [5.41, 5.74) is 0.169. The summed E-state index contributed by atoms with van der Waals surface area (Å²) in [6, 6.07) is 4.07. The van der Waals surface area contributed by atoms with Crippen LogP contribution in [-0.2, 0) is 20.9 Å². The largest absolute Gasteiger partial charge is 0.481 e. The fraction of sp³-hybridized carbons (Fsp3) is 0.429. The fourth-order valence-electron chi connectivity index (χ4n) is 3.39. The van der Waals surface area contributed by atoms with Crippen LogP contribution in [0.5, 0.6) is 5.75 Å². The Morgan fingerprint density at radius 1 is 1.28 bits per heavy atom. The van der Waals surface area contributed by atoms with Gasteiger partial charge in [0.25, 0.3) is 11.8 Å². The second-order valence-electron chi connectivity index (χ2n) is 7.81. The summed E-state index contributed by atoms with van der Waals surface area (Å²) in [6.45, 7) is 5.09. The number of carbonyl (C=O) groups is 4. The number of likely N-dealkylation sites (tertiary alicyclic amines) is 1. The highest BCUT2D eigenvalue weighted by Gasteiger charge is 2.46. The van der Waals surface area contributed by atoms with Crippen molar-refractivity contribution in [1.82, 2.24) is 9.80 Å². The number of benzene rings is 1. The average Bonchev–Trinajstić information content (AvgIpc) is 2.96. The maximum absolute atomic E-state index is 13.0.